The highest BCUT2D eigenvalue weighted by Crippen LogP contribution is 2.30. The van der Waals surface area contributed by atoms with Gasteiger partial charge in [-0.15, -0.1) is 0 Å². The first-order valence-corrected chi connectivity index (χ1v) is 6.68. The average Bonchev–Trinajstić information content (AvgIpc) is 2.78. The summed E-state index contributed by atoms with van der Waals surface area (Å²) in [6.45, 7) is 0. The molecule has 0 saturated heterocycles. The summed E-state index contributed by atoms with van der Waals surface area (Å²) in [5.41, 5.74) is 0. The molecule has 0 saturated carbocycles. The highest BCUT2D eigenvalue weighted by atomic mass is 35.5. The standard InChI is InChI=1S/C11H7ClF4N2O2S/c12-8-4-17-10(21-8)18-9(19)11(15,16)20-7-2-1-5(13)3-6(7)14/h1-2,4-5H,3H2,(H,17,18,19). The van der Waals surface area contributed by atoms with E-state index in [0.717, 1.165) is 23.6 Å². The van der Waals surface area contributed by atoms with E-state index in [1.807, 2.05) is 0 Å². The minimum atomic E-state index is -4.35. The molecule has 10 heteroatoms. The first kappa shape index (κ1) is 15.8. The molecule has 0 radical (unpaired) electrons. The quantitative estimate of drug-likeness (QED) is 0.846. The maximum Gasteiger partial charge on any atom is 0.482 e. The number of aromatic nitrogens is 1. The molecular weight excluding hydrogens is 336 g/mol. The number of ether oxygens (including phenoxy) is 1. The second-order valence-electron chi connectivity index (χ2n) is 3.89. The van der Waals surface area contributed by atoms with E-state index in [0.29, 0.717) is 6.08 Å². The Morgan fingerprint density at radius 1 is 1.57 bits per heavy atom. The summed E-state index contributed by atoms with van der Waals surface area (Å²) < 4.78 is 57.4. The molecule has 1 amide bonds. The molecule has 0 spiro atoms. The highest BCUT2D eigenvalue weighted by molar-refractivity contribution is 7.19. The summed E-state index contributed by atoms with van der Waals surface area (Å²) in [6, 6.07) is 0. The van der Waals surface area contributed by atoms with Gasteiger partial charge in [0, 0.05) is 6.42 Å². The first-order chi connectivity index (χ1) is 9.78. The monoisotopic (exact) mass is 342 g/mol. The van der Waals surface area contributed by atoms with Gasteiger partial charge in [0.25, 0.3) is 0 Å². The Balaban J connectivity index is 2.06. The van der Waals surface area contributed by atoms with Crippen LogP contribution in [-0.4, -0.2) is 23.2 Å². The minimum Gasteiger partial charge on any atom is -0.422 e. The fourth-order valence-electron chi connectivity index (χ4n) is 1.38. The largest absolute Gasteiger partial charge is 0.482 e. The van der Waals surface area contributed by atoms with Crippen LogP contribution in [0.15, 0.2) is 29.9 Å². The van der Waals surface area contributed by atoms with Gasteiger partial charge in [-0.1, -0.05) is 22.9 Å². The number of alkyl halides is 3. The van der Waals surface area contributed by atoms with Crippen LogP contribution in [0.3, 0.4) is 0 Å². The van der Waals surface area contributed by atoms with Crippen molar-refractivity contribution in [1.82, 2.24) is 4.98 Å². The van der Waals surface area contributed by atoms with Gasteiger partial charge in [-0.25, -0.2) is 13.8 Å². The molecule has 0 aromatic carbocycles. The van der Waals surface area contributed by atoms with Gasteiger partial charge >= 0.3 is 12.0 Å². The number of nitrogens with one attached hydrogen (secondary N) is 1. The number of carbonyl (C=O) groups excluding carboxylic acids is 1. The minimum absolute atomic E-state index is 0.161. The lowest BCUT2D eigenvalue weighted by Crippen LogP contribution is -2.37. The fourth-order valence-corrected chi connectivity index (χ4v) is 2.19. The van der Waals surface area contributed by atoms with Gasteiger partial charge in [0.05, 0.1) is 6.20 Å². The molecule has 21 heavy (non-hydrogen) atoms. The van der Waals surface area contributed by atoms with Crippen LogP contribution in [0.5, 0.6) is 0 Å². The van der Waals surface area contributed by atoms with Crippen molar-refractivity contribution < 1.29 is 27.1 Å². The molecule has 0 aliphatic heterocycles. The van der Waals surface area contributed by atoms with Gasteiger partial charge in [-0.3, -0.25) is 10.1 Å². The van der Waals surface area contributed by atoms with E-state index in [1.54, 1.807) is 5.32 Å². The van der Waals surface area contributed by atoms with Crippen LogP contribution in [0.4, 0.5) is 22.7 Å². The Kier molecular flexibility index (Phi) is 4.52. The van der Waals surface area contributed by atoms with Crippen LogP contribution in [-0.2, 0) is 9.53 Å². The summed E-state index contributed by atoms with van der Waals surface area (Å²) >= 11 is 6.29. The lowest BCUT2D eigenvalue weighted by Gasteiger charge is -2.19. The molecule has 1 atom stereocenters. The highest BCUT2D eigenvalue weighted by Gasteiger charge is 2.44. The van der Waals surface area contributed by atoms with Crippen molar-refractivity contribution in [2.75, 3.05) is 5.32 Å². The van der Waals surface area contributed by atoms with Gasteiger partial charge in [-0.2, -0.15) is 8.78 Å². The van der Waals surface area contributed by atoms with E-state index in [2.05, 4.69) is 9.72 Å². The third-order valence-corrected chi connectivity index (χ3v) is 3.33. The number of hydrogen-bond donors (Lipinski definition) is 1. The molecule has 1 aromatic rings. The Bertz CT molecular complexity index is 617. The Labute approximate surface area is 125 Å². The Morgan fingerprint density at radius 3 is 2.86 bits per heavy atom. The zero-order valence-electron chi connectivity index (χ0n) is 10.1. The summed E-state index contributed by atoms with van der Waals surface area (Å²) in [5.74, 6) is -3.93. The molecule has 2 rings (SSSR count). The summed E-state index contributed by atoms with van der Waals surface area (Å²) in [4.78, 5) is 14.9. The average molecular weight is 343 g/mol. The van der Waals surface area contributed by atoms with E-state index < -0.39 is 36.2 Å². The van der Waals surface area contributed by atoms with Crippen LogP contribution in [0.25, 0.3) is 0 Å². The number of nitrogens with zero attached hydrogens (tertiary/aromatic N) is 1. The van der Waals surface area contributed by atoms with E-state index in [-0.39, 0.29) is 9.47 Å². The van der Waals surface area contributed by atoms with Crippen molar-refractivity contribution in [1.29, 1.82) is 0 Å². The van der Waals surface area contributed by atoms with E-state index in [4.69, 9.17) is 11.6 Å². The van der Waals surface area contributed by atoms with Crippen molar-refractivity contribution in [3.8, 4) is 0 Å². The molecule has 1 unspecified atom stereocenters. The van der Waals surface area contributed by atoms with Crippen molar-refractivity contribution in [3.05, 3.63) is 34.3 Å². The van der Waals surface area contributed by atoms with E-state index >= 15 is 0 Å². The van der Waals surface area contributed by atoms with Crippen LogP contribution in [0, 0.1) is 0 Å². The smallest absolute Gasteiger partial charge is 0.422 e. The second-order valence-corrected chi connectivity index (χ2v) is 5.55. The van der Waals surface area contributed by atoms with Crippen LogP contribution >= 0.6 is 22.9 Å². The number of hydrogen-bond acceptors (Lipinski definition) is 4. The molecule has 0 bridgehead atoms. The molecule has 0 fully saturated rings. The lowest BCUT2D eigenvalue weighted by atomic mass is 10.1. The van der Waals surface area contributed by atoms with E-state index in [9.17, 15) is 22.4 Å². The van der Waals surface area contributed by atoms with Crippen LogP contribution in [0.2, 0.25) is 4.34 Å². The molecule has 1 aliphatic rings. The van der Waals surface area contributed by atoms with Gasteiger partial charge < -0.3 is 4.74 Å². The summed E-state index contributed by atoms with van der Waals surface area (Å²) in [7, 11) is 0. The number of halogens is 5. The predicted molar refractivity (Wildman–Crippen MR) is 68.6 cm³/mol. The van der Waals surface area contributed by atoms with Crippen LogP contribution < -0.4 is 5.32 Å². The third-order valence-electron chi connectivity index (χ3n) is 2.30. The number of rotatable bonds is 4. The van der Waals surface area contributed by atoms with Crippen molar-refractivity contribution in [2.45, 2.75) is 18.7 Å². The number of anilines is 1. The third kappa shape index (κ3) is 3.94. The SMILES string of the molecule is O=C(Nc1ncc(Cl)s1)C(F)(F)OC1=C(F)CC(F)C=C1. The molecule has 114 valence electrons. The number of amides is 1. The number of carbonyl (C=O) groups is 1. The maximum absolute atomic E-state index is 13.5. The Hall–Kier alpha value is -1.61. The molecule has 1 aromatic heterocycles. The van der Waals surface area contributed by atoms with Crippen molar-refractivity contribution in [2.24, 2.45) is 0 Å². The molecule has 4 nitrogen and oxygen atoms in total. The number of thiazole rings is 1. The van der Waals surface area contributed by atoms with Crippen molar-refractivity contribution >= 4 is 34.0 Å². The lowest BCUT2D eigenvalue weighted by molar-refractivity contribution is -0.208. The summed E-state index contributed by atoms with van der Waals surface area (Å²) in [6.07, 6.45) is -3.95. The molecule has 1 N–H and O–H groups in total. The van der Waals surface area contributed by atoms with Crippen LogP contribution in [0.1, 0.15) is 6.42 Å². The molecule has 1 heterocycles. The van der Waals surface area contributed by atoms with Gasteiger partial charge in [0.15, 0.2) is 10.9 Å². The normalized spacial score (nSPS) is 18.8. The Morgan fingerprint density at radius 2 is 2.29 bits per heavy atom. The maximum atomic E-state index is 13.5. The van der Waals surface area contributed by atoms with Gasteiger partial charge in [0.1, 0.15) is 16.3 Å². The predicted octanol–water partition coefficient (Wildman–Crippen LogP) is 3.82. The molecular formula is C11H7ClF4N2O2S. The fraction of sp³-hybridized carbons (Fsp3) is 0.273. The first-order valence-electron chi connectivity index (χ1n) is 5.48. The number of allylic oxidation sites excluding steroid dienone is 3. The van der Waals surface area contributed by atoms with Gasteiger partial charge in [0.2, 0.25) is 0 Å². The van der Waals surface area contributed by atoms with Gasteiger partial charge in [-0.05, 0) is 12.2 Å². The summed E-state index contributed by atoms with van der Waals surface area (Å²) in [5, 5.41) is 1.62. The zero-order chi connectivity index (χ0) is 15.6. The van der Waals surface area contributed by atoms with E-state index in [1.165, 1.54) is 0 Å². The second kappa shape index (κ2) is 6.02. The zero-order valence-corrected chi connectivity index (χ0v) is 11.7. The van der Waals surface area contributed by atoms with Crippen molar-refractivity contribution in [3.63, 3.8) is 0 Å². The molecule has 1 aliphatic carbocycles. The topological polar surface area (TPSA) is 51.2 Å².